The van der Waals surface area contributed by atoms with Gasteiger partial charge in [-0.15, -0.1) is 0 Å². The summed E-state index contributed by atoms with van der Waals surface area (Å²) in [5.41, 5.74) is 5.03. The van der Waals surface area contributed by atoms with Crippen LogP contribution >= 0.6 is 0 Å². The second-order valence-corrected chi connectivity index (χ2v) is 8.66. The highest BCUT2D eigenvalue weighted by molar-refractivity contribution is 6.47. The summed E-state index contributed by atoms with van der Waals surface area (Å²) in [5.74, 6) is -1.21. The third-order valence-corrected chi connectivity index (χ3v) is 6.27. The van der Waals surface area contributed by atoms with Crippen molar-refractivity contribution in [1.82, 2.24) is 0 Å². The number of hydrogen-bond acceptors (Lipinski definition) is 2. The van der Waals surface area contributed by atoms with Gasteiger partial charge in [-0.2, -0.15) is 0 Å². The average molecular weight is 477 g/mol. The van der Waals surface area contributed by atoms with E-state index in [2.05, 4.69) is 19.9 Å². The molecule has 0 aliphatic heterocycles. The van der Waals surface area contributed by atoms with Crippen LogP contribution in [-0.4, -0.2) is 11.8 Å². The van der Waals surface area contributed by atoms with E-state index >= 15 is 0 Å². The molecule has 0 atom stereocenters. The number of anilines is 4. The SMILES string of the molecule is CCCCc1cccc(N(C(=O)C(=O)N(c2ccccc2)c2ccccc2)c2ccccc2)c1CC. The molecule has 182 valence electrons. The van der Waals surface area contributed by atoms with Gasteiger partial charge in [-0.25, -0.2) is 0 Å². The van der Waals surface area contributed by atoms with E-state index in [0.29, 0.717) is 17.1 Å². The van der Waals surface area contributed by atoms with Crippen molar-refractivity contribution in [3.8, 4) is 0 Å². The first-order valence-electron chi connectivity index (χ1n) is 12.6. The van der Waals surface area contributed by atoms with Crippen LogP contribution in [0.15, 0.2) is 109 Å². The molecule has 0 radical (unpaired) electrons. The van der Waals surface area contributed by atoms with Gasteiger partial charge in [0.25, 0.3) is 0 Å². The maximum Gasteiger partial charge on any atom is 0.321 e. The number of para-hydroxylation sites is 3. The average Bonchev–Trinajstić information content (AvgIpc) is 2.94. The molecule has 0 saturated carbocycles. The van der Waals surface area contributed by atoms with Gasteiger partial charge in [0.05, 0.1) is 5.69 Å². The quantitative estimate of drug-likeness (QED) is 0.245. The second-order valence-electron chi connectivity index (χ2n) is 8.66. The summed E-state index contributed by atoms with van der Waals surface area (Å²) in [7, 11) is 0. The Labute approximate surface area is 213 Å². The topological polar surface area (TPSA) is 40.6 Å². The lowest BCUT2D eigenvalue weighted by molar-refractivity contribution is -0.135. The van der Waals surface area contributed by atoms with E-state index in [0.717, 1.165) is 36.9 Å². The van der Waals surface area contributed by atoms with Gasteiger partial charge in [-0.3, -0.25) is 19.4 Å². The van der Waals surface area contributed by atoms with E-state index in [1.807, 2.05) is 103 Å². The zero-order chi connectivity index (χ0) is 25.3. The fourth-order valence-electron chi connectivity index (χ4n) is 4.51. The summed E-state index contributed by atoms with van der Waals surface area (Å²) >= 11 is 0. The highest BCUT2D eigenvalue weighted by Gasteiger charge is 2.32. The summed E-state index contributed by atoms with van der Waals surface area (Å²) in [6, 6.07) is 34.1. The fraction of sp³-hybridized carbons (Fsp3) is 0.188. The third-order valence-electron chi connectivity index (χ3n) is 6.27. The Morgan fingerprint density at radius 3 is 1.53 bits per heavy atom. The Hall–Kier alpha value is -4.18. The van der Waals surface area contributed by atoms with Crippen molar-refractivity contribution in [3.05, 3.63) is 120 Å². The molecule has 36 heavy (non-hydrogen) atoms. The molecule has 4 nitrogen and oxygen atoms in total. The zero-order valence-corrected chi connectivity index (χ0v) is 20.9. The van der Waals surface area contributed by atoms with E-state index in [9.17, 15) is 9.59 Å². The number of hydrogen-bond donors (Lipinski definition) is 0. The fourth-order valence-corrected chi connectivity index (χ4v) is 4.51. The summed E-state index contributed by atoms with van der Waals surface area (Å²) in [6.45, 7) is 4.28. The van der Waals surface area contributed by atoms with E-state index in [-0.39, 0.29) is 0 Å². The molecule has 0 aliphatic carbocycles. The summed E-state index contributed by atoms with van der Waals surface area (Å²) < 4.78 is 0. The minimum absolute atomic E-state index is 0.601. The van der Waals surface area contributed by atoms with Crippen molar-refractivity contribution in [2.75, 3.05) is 9.80 Å². The van der Waals surface area contributed by atoms with Crippen molar-refractivity contribution >= 4 is 34.6 Å². The van der Waals surface area contributed by atoms with Crippen LogP contribution in [0.1, 0.15) is 37.8 Å². The van der Waals surface area contributed by atoms with Crippen molar-refractivity contribution in [2.45, 2.75) is 39.5 Å². The number of amides is 2. The van der Waals surface area contributed by atoms with E-state index in [1.54, 1.807) is 4.90 Å². The zero-order valence-electron chi connectivity index (χ0n) is 20.9. The molecule has 0 aromatic heterocycles. The van der Waals surface area contributed by atoms with Crippen molar-refractivity contribution in [2.24, 2.45) is 0 Å². The molecular weight excluding hydrogens is 444 g/mol. The normalized spacial score (nSPS) is 10.6. The minimum Gasteiger partial charge on any atom is -0.273 e. The van der Waals surface area contributed by atoms with Crippen LogP contribution in [0.5, 0.6) is 0 Å². The van der Waals surface area contributed by atoms with Crippen molar-refractivity contribution in [3.63, 3.8) is 0 Å². The number of carbonyl (C=O) groups excluding carboxylic acids is 2. The van der Waals surface area contributed by atoms with Crippen molar-refractivity contribution < 1.29 is 9.59 Å². The number of carbonyl (C=O) groups is 2. The molecule has 0 heterocycles. The first-order chi connectivity index (χ1) is 17.7. The van der Waals surface area contributed by atoms with Gasteiger partial charge >= 0.3 is 11.8 Å². The van der Waals surface area contributed by atoms with Gasteiger partial charge in [0, 0.05) is 17.1 Å². The van der Waals surface area contributed by atoms with Crippen LogP contribution < -0.4 is 9.80 Å². The van der Waals surface area contributed by atoms with Gasteiger partial charge in [0.15, 0.2) is 0 Å². The van der Waals surface area contributed by atoms with Gasteiger partial charge in [-0.05, 0) is 72.9 Å². The highest BCUT2D eigenvalue weighted by Crippen LogP contribution is 2.34. The minimum atomic E-state index is -0.614. The predicted octanol–water partition coefficient (Wildman–Crippen LogP) is 7.62. The molecule has 4 aromatic rings. The monoisotopic (exact) mass is 476 g/mol. The molecule has 0 bridgehead atoms. The van der Waals surface area contributed by atoms with E-state index < -0.39 is 11.8 Å². The maximum atomic E-state index is 14.2. The predicted molar refractivity (Wildman–Crippen MR) is 148 cm³/mol. The number of benzene rings is 4. The lowest BCUT2D eigenvalue weighted by Gasteiger charge is -2.29. The van der Waals surface area contributed by atoms with E-state index in [1.165, 1.54) is 10.5 Å². The number of rotatable bonds is 8. The molecule has 0 N–H and O–H groups in total. The van der Waals surface area contributed by atoms with Crippen LogP contribution in [0.25, 0.3) is 0 Å². The lowest BCUT2D eigenvalue weighted by atomic mass is 9.97. The maximum absolute atomic E-state index is 14.2. The van der Waals surface area contributed by atoms with Crippen LogP contribution in [0, 0.1) is 0 Å². The van der Waals surface area contributed by atoms with Crippen LogP contribution in [0.3, 0.4) is 0 Å². The summed E-state index contributed by atoms with van der Waals surface area (Å²) in [6.07, 6.45) is 3.88. The molecule has 4 rings (SSSR count). The standard InChI is InChI=1S/C32H32N2O2/c1-3-5-16-25-17-15-24-30(29(25)4-2)34(28-22-13-8-14-23-28)32(36)31(35)33(26-18-9-6-10-19-26)27-20-11-7-12-21-27/h6-15,17-24H,3-5,16H2,1-2H3. The number of nitrogens with zero attached hydrogens (tertiary/aromatic N) is 2. The van der Waals surface area contributed by atoms with Crippen LogP contribution in [0.2, 0.25) is 0 Å². The molecule has 0 spiro atoms. The smallest absolute Gasteiger partial charge is 0.273 e. The van der Waals surface area contributed by atoms with Crippen LogP contribution in [0.4, 0.5) is 22.7 Å². The molecule has 0 aliphatic rings. The largest absolute Gasteiger partial charge is 0.321 e. The third kappa shape index (κ3) is 5.38. The van der Waals surface area contributed by atoms with Crippen molar-refractivity contribution in [1.29, 1.82) is 0 Å². The molecular formula is C32H32N2O2. The van der Waals surface area contributed by atoms with Gasteiger partial charge in [-0.1, -0.05) is 87.0 Å². The van der Waals surface area contributed by atoms with E-state index in [4.69, 9.17) is 0 Å². The Morgan fingerprint density at radius 1 is 0.583 bits per heavy atom. The number of aryl methyl sites for hydroxylation is 1. The first-order valence-corrected chi connectivity index (χ1v) is 12.6. The number of unbranched alkanes of at least 4 members (excludes halogenated alkanes) is 1. The molecule has 2 amide bonds. The Morgan fingerprint density at radius 2 is 1.06 bits per heavy atom. The molecule has 4 aromatic carbocycles. The highest BCUT2D eigenvalue weighted by atomic mass is 16.2. The summed E-state index contributed by atoms with van der Waals surface area (Å²) in [4.78, 5) is 31.3. The Balaban J connectivity index is 1.84. The Bertz CT molecular complexity index is 1250. The molecule has 0 saturated heterocycles. The molecule has 0 unspecified atom stereocenters. The Kier molecular flexibility index (Phi) is 8.30. The van der Waals surface area contributed by atoms with Gasteiger partial charge in [0.2, 0.25) is 0 Å². The first kappa shape index (κ1) is 24.9. The summed E-state index contributed by atoms with van der Waals surface area (Å²) in [5, 5.41) is 0. The second kappa shape index (κ2) is 12.0. The van der Waals surface area contributed by atoms with Gasteiger partial charge < -0.3 is 0 Å². The van der Waals surface area contributed by atoms with Gasteiger partial charge in [0.1, 0.15) is 0 Å². The van der Waals surface area contributed by atoms with Crippen LogP contribution in [-0.2, 0) is 22.4 Å². The lowest BCUT2D eigenvalue weighted by Crippen LogP contribution is -2.42. The molecule has 0 fully saturated rings. The molecule has 4 heteroatoms.